The van der Waals surface area contributed by atoms with Crippen LogP contribution in [0.1, 0.15) is 30.2 Å². The molecule has 0 saturated heterocycles. The molecule has 0 amide bonds. The van der Waals surface area contributed by atoms with Crippen molar-refractivity contribution in [2.24, 2.45) is 0 Å². The minimum absolute atomic E-state index is 0.317. The Kier molecular flexibility index (Phi) is 2.60. The first-order valence-corrected chi connectivity index (χ1v) is 7.07. The third-order valence-corrected chi connectivity index (χ3v) is 4.15. The van der Waals surface area contributed by atoms with Crippen LogP contribution in [0.3, 0.4) is 0 Å². The second-order valence-electron chi connectivity index (χ2n) is 5.35. The summed E-state index contributed by atoms with van der Waals surface area (Å²) in [5.74, 6) is 0. The van der Waals surface area contributed by atoms with E-state index in [1.165, 1.54) is 5.69 Å². The molecule has 100 valence electrons. The average Bonchev–Trinajstić information content (AvgIpc) is 2.92. The molecule has 2 heterocycles. The van der Waals surface area contributed by atoms with Crippen LogP contribution in [0.25, 0.3) is 16.6 Å². The van der Waals surface area contributed by atoms with Gasteiger partial charge in [-0.05, 0) is 37.5 Å². The van der Waals surface area contributed by atoms with Crippen LogP contribution < -0.4 is 0 Å². The number of fused-ring (bicyclic) bond motifs is 2. The van der Waals surface area contributed by atoms with Crippen LogP contribution in [0.5, 0.6) is 0 Å². The van der Waals surface area contributed by atoms with Gasteiger partial charge in [0, 0.05) is 29.0 Å². The molecule has 0 spiro atoms. The Morgan fingerprint density at radius 3 is 3.00 bits per heavy atom. The first kappa shape index (κ1) is 11.7. The monoisotopic (exact) mass is 264 g/mol. The van der Waals surface area contributed by atoms with Crippen molar-refractivity contribution >= 4 is 10.9 Å². The van der Waals surface area contributed by atoms with Gasteiger partial charge in [-0.1, -0.05) is 18.2 Å². The van der Waals surface area contributed by atoms with Crippen LogP contribution in [-0.4, -0.2) is 14.7 Å². The molecule has 1 aliphatic carbocycles. The van der Waals surface area contributed by atoms with Crippen molar-refractivity contribution in [2.75, 3.05) is 0 Å². The van der Waals surface area contributed by atoms with Crippen LogP contribution in [-0.2, 0) is 6.42 Å². The predicted octanol–water partition coefficient (Wildman–Crippen LogP) is 3.40. The van der Waals surface area contributed by atoms with Gasteiger partial charge in [-0.2, -0.15) is 0 Å². The van der Waals surface area contributed by atoms with Gasteiger partial charge >= 0.3 is 0 Å². The van der Waals surface area contributed by atoms with Crippen LogP contribution in [0.15, 0.2) is 48.8 Å². The SMILES string of the molecule is OC1CCCc2c1ccn2-c1cccc2cccnc12. The third kappa shape index (κ3) is 1.67. The number of rotatable bonds is 1. The molecule has 1 unspecified atom stereocenters. The molecule has 3 nitrogen and oxygen atoms in total. The molecule has 1 atom stereocenters. The number of aliphatic hydroxyl groups excluding tert-OH is 1. The fourth-order valence-electron chi connectivity index (χ4n) is 3.17. The van der Waals surface area contributed by atoms with Crippen molar-refractivity contribution in [1.29, 1.82) is 0 Å². The Hall–Kier alpha value is -2.13. The molecule has 3 heteroatoms. The van der Waals surface area contributed by atoms with E-state index < -0.39 is 0 Å². The van der Waals surface area contributed by atoms with E-state index in [-0.39, 0.29) is 6.10 Å². The van der Waals surface area contributed by atoms with Crippen molar-refractivity contribution < 1.29 is 5.11 Å². The quantitative estimate of drug-likeness (QED) is 0.731. The molecule has 0 saturated carbocycles. The standard InChI is InChI=1S/C17H16N2O/c20-16-8-2-6-14-13(16)9-11-19(14)15-7-1-4-12-5-3-10-18-17(12)15/h1,3-5,7,9-11,16,20H,2,6,8H2. The lowest BCUT2D eigenvalue weighted by Crippen LogP contribution is -2.11. The smallest absolute Gasteiger partial charge is 0.0942 e. The second-order valence-corrected chi connectivity index (χ2v) is 5.35. The summed E-state index contributed by atoms with van der Waals surface area (Å²) in [5, 5.41) is 11.2. The van der Waals surface area contributed by atoms with Gasteiger partial charge < -0.3 is 9.67 Å². The molecule has 1 aliphatic rings. The Morgan fingerprint density at radius 1 is 1.15 bits per heavy atom. The lowest BCUT2D eigenvalue weighted by atomic mass is 9.95. The van der Waals surface area contributed by atoms with Gasteiger partial charge in [0.1, 0.15) is 0 Å². The molecule has 0 fully saturated rings. The number of pyridine rings is 1. The highest BCUT2D eigenvalue weighted by atomic mass is 16.3. The maximum Gasteiger partial charge on any atom is 0.0942 e. The second kappa shape index (κ2) is 4.46. The molecule has 0 bridgehead atoms. The molecule has 0 radical (unpaired) electrons. The highest BCUT2D eigenvalue weighted by Crippen LogP contribution is 2.33. The first-order valence-electron chi connectivity index (χ1n) is 7.07. The molecule has 2 aromatic heterocycles. The number of nitrogens with zero attached hydrogens (tertiary/aromatic N) is 2. The van der Waals surface area contributed by atoms with Gasteiger partial charge in [-0.25, -0.2) is 0 Å². The normalized spacial score (nSPS) is 18.1. The summed E-state index contributed by atoms with van der Waals surface area (Å²) in [6.07, 6.45) is 6.49. The molecule has 1 N–H and O–H groups in total. The molecule has 3 aromatic rings. The summed E-state index contributed by atoms with van der Waals surface area (Å²) in [5.41, 5.74) is 4.40. The average molecular weight is 264 g/mol. The zero-order valence-corrected chi connectivity index (χ0v) is 11.2. The van der Waals surface area contributed by atoms with Gasteiger partial charge in [0.15, 0.2) is 0 Å². The zero-order chi connectivity index (χ0) is 13.5. The van der Waals surface area contributed by atoms with Gasteiger partial charge in [0.2, 0.25) is 0 Å². The number of hydrogen-bond donors (Lipinski definition) is 1. The topological polar surface area (TPSA) is 38.0 Å². The summed E-state index contributed by atoms with van der Waals surface area (Å²) in [7, 11) is 0. The third-order valence-electron chi connectivity index (χ3n) is 4.15. The van der Waals surface area contributed by atoms with E-state index in [1.807, 2.05) is 18.3 Å². The molecule has 20 heavy (non-hydrogen) atoms. The van der Waals surface area contributed by atoms with E-state index in [0.29, 0.717) is 0 Å². The van der Waals surface area contributed by atoms with Crippen molar-refractivity contribution in [2.45, 2.75) is 25.4 Å². The van der Waals surface area contributed by atoms with E-state index in [9.17, 15) is 5.11 Å². The van der Waals surface area contributed by atoms with Crippen molar-refractivity contribution in [3.8, 4) is 5.69 Å². The van der Waals surface area contributed by atoms with Crippen molar-refractivity contribution in [3.63, 3.8) is 0 Å². The largest absolute Gasteiger partial charge is 0.388 e. The van der Waals surface area contributed by atoms with E-state index in [0.717, 1.165) is 41.4 Å². The van der Waals surface area contributed by atoms with Crippen molar-refractivity contribution in [3.05, 3.63) is 60.0 Å². The predicted molar refractivity (Wildman–Crippen MR) is 79.0 cm³/mol. The molecular formula is C17H16N2O. The van der Waals surface area contributed by atoms with Crippen LogP contribution >= 0.6 is 0 Å². The molecule has 0 aliphatic heterocycles. The zero-order valence-electron chi connectivity index (χ0n) is 11.2. The Morgan fingerprint density at radius 2 is 2.05 bits per heavy atom. The molecular weight excluding hydrogens is 248 g/mol. The summed E-state index contributed by atoms with van der Waals surface area (Å²) in [6.45, 7) is 0. The fraction of sp³-hybridized carbons (Fsp3) is 0.235. The number of aromatic nitrogens is 2. The number of para-hydroxylation sites is 1. The highest BCUT2D eigenvalue weighted by Gasteiger charge is 2.22. The molecule has 1 aromatic carbocycles. The van der Waals surface area contributed by atoms with Crippen LogP contribution in [0.2, 0.25) is 0 Å². The fourth-order valence-corrected chi connectivity index (χ4v) is 3.17. The maximum atomic E-state index is 10.1. The summed E-state index contributed by atoms with van der Waals surface area (Å²) >= 11 is 0. The van der Waals surface area contributed by atoms with Gasteiger partial charge in [-0.15, -0.1) is 0 Å². The Labute approximate surface area is 117 Å². The Bertz CT molecular complexity index is 770. The number of hydrogen-bond acceptors (Lipinski definition) is 2. The van der Waals surface area contributed by atoms with E-state index in [1.54, 1.807) is 0 Å². The maximum absolute atomic E-state index is 10.1. The lowest BCUT2D eigenvalue weighted by Gasteiger charge is -2.20. The first-order chi connectivity index (χ1) is 9.84. The van der Waals surface area contributed by atoms with Crippen LogP contribution in [0.4, 0.5) is 0 Å². The van der Waals surface area contributed by atoms with Crippen LogP contribution in [0, 0.1) is 0 Å². The van der Waals surface area contributed by atoms with Crippen molar-refractivity contribution in [1.82, 2.24) is 9.55 Å². The number of aliphatic hydroxyl groups is 1. The lowest BCUT2D eigenvalue weighted by molar-refractivity contribution is 0.156. The Balaban J connectivity index is 1.96. The van der Waals surface area contributed by atoms with Gasteiger partial charge in [-0.3, -0.25) is 4.98 Å². The minimum atomic E-state index is -0.317. The van der Waals surface area contributed by atoms with E-state index >= 15 is 0 Å². The van der Waals surface area contributed by atoms with Gasteiger partial charge in [0.25, 0.3) is 0 Å². The summed E-state index contributed by atoms with van der Waals surface area (Å²) in [6, 6.07) is 12.3. The van der Waals surface area contributed by atoms with Gasteiger partial charge in [0.05, 0.1) is 17.3 Å². The summed E-state index contributed by atoms with van der Waals surface area (Å²) < 4.78 is 2.19. The van der Waals surface area contributed by atoms with E-state index in [4.69, 9.17) is 0 Å². The number of benzene rings is 1. The minimum Gasteiger partial charge on any atom is -0.388 e. The summed E-state index contributed by atoms with van der Waals surface area (Å²) in [4.78, 5) is 4.52. The van der Waals surface area contributed by atoms with E-state index in [2.05, 4.69) is 40.0 Å². The highest BCUT2D eigenvalue weighted by molar-refractivity contribution is 5.86. The molecule has 4 rings (SSSR count).